The van der Waals surface area contributed by atoms with Crippen molar-refractivity contribution >= 4 is 35.2 Å². The van der Waals surface area contributed by atoms with E-state index in [9.17, 15) is 0 Å². The number of benzene rings is 4. The molecule has 1 saturated heterocycles. The summed E-state index contributed by atoms with van der Waals surface area (Å²) in [7, 11) is 1.10. The lowest BCUT2D eigenvalue weighted by Gasteiger charge is -2.41. The molecule has 2 heterocycles. The van der Waals surface area contributed by atoms with Gasteiger partial charge in [0.2, 0.25) is 0 Å². The van der Waals surface area contributed by atoms with Crippen molar-refractivity contribution < 1.29 is 4.74 Å². The van der Waals surface area contributed by atoms with E-state index < -0.39 is 7.92 Å². The van der Waals surface area contributed by atoms with Gasteiger partial charge in [-0.25, -0.2) is 0 Å². The second-order valence-corrected chi connectivity index (χ2v) is 11.8. The average molecular weight is 493 g/mol. The Morgan fingerprint density at radius 3 is 2.17 bits per heavy atom. The largest absolute Gasteiger partial charge is 0.495 e. The van der Waals surface area contributed by atoms with E-state index in [1.807, 2.05) is 7.11 Å². The van der Waals surface area contributed by atoms with Crippen molar-refractivity contribution in [2.24, 2.45) is 0 Å². The Balaban J connectivity index is 1.41. The number of hydrogen-bond acceptors (Lipinski definition) is 3. The quantitative estimate of drug-likeness (QED) is 0.331. The van der Waals surface area contributed by atoms with Gasteiger partial charge in [0.05, 0.1) is 12.8 Å². The Labute approximate surface area is 216 Å². The first kappa shape index (κ1) is 23.1. The first-order chi connectivity index (χ1) is 17.8. The molecule has 0 aromatic heterocycles. The average Bonchev–Trinajstić information content (AvgIpc) is 3.39. The molecule has 1 atom stereocenters. The Hall–Kier alpha value is -3.29. The minimum Gasteiger partial charge on any atom is -0.495 e. The molecule has 1 fully saturated rings. The van der Waals surface area contributed by atoms with Gasteiger partial charge < -0.3 is 14.5 Å². The molecule has 3 nitrogen and oxygen atoms in total. The topological polar surface area (TPSA) is 15.7 Å². The van der Waals surface area contributed by atoms with Crippen molar-refractivity contribution in [2.75, 3.05) is 36.5 Å². The maximum atomic E-state index is 6.03. The highest BCUT2D eigenvalue weighted by atomic mass is 31.1. The summed E-state index contributed by atoms with van der Waals surface area (Å²) in [6.45, 7) is 3.21. The van der Waals surface area contributed by atoms with Crippen LogP contribution in [0.3, 0.4) is 0 Å². The van der Waals surface area contributed by atoms with Gasteiger partial charge in [0.25, 0.3) is 0 Å². The molecule has 0 saturated carbocycles. The van der Waals surface area contributed by atoms with Gasteiger partial charge in [-0.15, -0.1) is 0 Å². The minimum atomic E-state index is -0.716. The summed E-state index contributed by atoms with van der Waals surface area (Å²) in [6.07, 6.45) is 3.58. The molecule has 4 heteroatoms. The molecule has 0 aliphatic carbocycles. The minimum absolute atomic E-state index is 0.514. The molecule has 2 aliphatic rings. The zero-order valence-electron chi connectivity index (χ0n) is 20.9. The molecule has 0 spiro atoms. The molecular weight excluding hydrogens is 459 g/mol. The highest BCUT2D eigenvalue weighted by molar-refractivity contribution is 7.80. The lowest BCUT2D eigenvalue weighted by atomic mass is 10.0. The molecule has 0 unspecified atom stereocenters. The number of anilines is 2. The van der Waals surface area contributed by atoms with E-state index >= 15 is 0 Å². The first-order valence-electron chi connectivity index (χ1n) is 13.0. The number of para-hydroxylation sites is 2. The Morgan fingerprint density at radius 2 is 1.44 bits per heavy atom. The van der Waals surface area contributed by atoms with Crippen molar-refractivity contribution in [2.45, 2.75) is 25.3 Å². The Morgan fingerprint density at radius 1 is 0.750 bits per heavy atom. The van der Waals surface area contributed by atoms with Crippen molar-refractivity contribution in [1.29, 1.82) is 0 Å². The van der Waals surface area contributed by atoms with Crippen LogP contribution in [0.5, 0.6) is 5.75 Å². The molecule has 4 aromatic rings. The number of rotatable bonds is 6. The summed E-state index contributed by atoms with van der Waals surface area (Å²) < 4.78 is 6.03. The van der Waals surface area contributed by atoms with Gasteiger partial charge in [-0.2, -0.15) is 0 Å². The SMILES string of the molecule is COc1cccc(P(c2ccccc2)c2ccccc2)c1N1CCC[C@@H](N2CCc3ccccc32)C1. The molecule has 182 valence electrons. The smallest absolute Gasteiger partial charge is 0.142 e. The Kier molecular flexibility index (Phi) is 6.66. The number of nitrogens with zero attached hydrogens (tertiary/aromatic N) is 2. The van der Waals surface area contributed by atoms with Gasteiger partial charge in [-0.1, -0.05) is 91.0 Å². The number of fused-ring (bicyclic) bond motifs is 1. The summed E-state index contributed by atoms with van der Waals surface area (Å²) in [6, 6.07) is 38.1. The summed E-state index contributed by atoms with van der Waals surface area (Å²) in [5, 5.41) is 4.12. The zero-order valence-corrected chi connectivity index (χ0v) is 21.8. The van der Waals surface area contributed by atoms with Gasteiger partial charge >= 0.3 is 0 Å². The fraction of sp³-hybridized carbons (Fsp3) is 0.250. The van der Waals surface area contributed by atoms with E-state index in [-0.39, 0.29) is 0 Å². The van der Waals surface area contributed by atoms with E-state index in [1.165, 1.54) is 45.7 Å². The maximum Gasteiger partial charge on any atom is 0.142 e. The third-order valence-electron chi connectivity index (χ3n) is 7.54. The van der Waals surface area contributed by atoms with E-state index in [1.54, 1.807) is 0 Å². The normalized spacial score (nSPS) is 17.3. The number of piperidine rings is 1. The van der Waals surface area contributed by atoms with Crippen molar-refractivity contribution in [3.63, 3.8) is 0 Å². The van der Waals surface area contributed by atoms with Crippen LogP contribution in [-0.2, 0) is 6.42 Å². The molecule has 2 aliphatic heterocycles. The standard InChI is InChI=1S/C32H33N2OP/c1-35-30-19-10-20-31(36(27-14-4-2-5-15-27)28-16-6-3-7-17-28)32(30)33-22-11-13-26(24-33)34-23-21-25-12-8-9-18-29(25)34/h2-10,12,14-20,26H,11,13,21-24H2,1H3/t26-/m1/s1. The van der Waals surface area contributed by atoms with Gasteiger partial charge in [0.15, 0.2) is 0 Å². The second kappa shape index (κ2) is 10.4. The molecule has 0 amide bonds. The van der Waals surface area contributed by atoms with Crippen molar-refractivity contribution in [1.82, 2.24) is 0 Å². The molecule has 0 N–H and O–H groups in total. The number of ether oxygens (including phenoxy) is 1. The van der Waals surface area contributed by atoms with E-state index in [0.29, 0.717) is 6.04 Å². The van der Waals surface area contributed by atoms with Gasteiger partial charge in [-0.3, -0.25) is 0 Å². The summed E-state index contributed by atoms with van der Waals surface area (Å²) in [4.78, 5) is 5.28. The Bertz CT molecular complexity index is 1270. The maximum absolute atomic E-state index is 6.03. The van der Waals surface area contributed by atoms with Crippen LogP contribution in [0.4, 0.5) is 11.4 Å². The van der Waals surface area contributed by atoms with Gasteiger partial charge in [0, 0.05) is 36.7 Å². The molecule has 4 aromatic carbocycles. The molecule has 0 radical (unpaired) electrons. The number of methoxy groups -OCH3 is 1. The molecule has 0 bridgehead atoms. The molecular formula is C32H33N2OP. The zero-order chi connectivity index (χ0) is 24.3. The van der Waals surface area contributed by atoms with Crippen LogP contribution >= 0.6 is 7.92 Å². The van der Waals surface area contributed by atoms with Gasteiger partial charge in [-0.05, 0) is 55.5 Å². The van der Waals surface area contributed by atoms with Crippen LogP contribution in [0.15, 0.2) is 103 Å². The van der Waals surface area contributed by atoms with Crippen LogP contribution in [0.25, 0.3) is 0 Å². The van der Waals surface area contributed by atoms with Crippen LogP contribution in [-0.4, -0.2) is 32.8 Å². The van der Waals surface area contributed by atoms with Crippen LogP contribution in [0.1, 0.15) is 18.4 Å². The summed E-state index contributed by atoms with van der Waals surface area (Å²) in [5.41, 5.74) is 4.20. The fourth-order valence-electron chi connectivity index (χ4n) is 5.91. The van der Waals surface area contributed by atoms with E-state index in [4.69, 9.17) is 4.74 Å². The van der Waals surface area contributed by atoms with Gasteiger partial charge in [0.1, 0.15) is 5.75 Å². The van der Waals surface area contributed by atoms with Crippen LogP contribution in [0.2, 0.25) is 0 Å². The predicted molar refractivity (Wildman–Crippen MR) is 154 cm³/mol. The molecule has 36 heavy (non-hydrogen) atoms. The predicted octanol–water partition coefficient (Wildman–Crippen LogP) is 5.48. The molecule has 6 rings (SSSR count). The van der Waals surface area contributed by atoms with Crippen LogP contribution < -0.4 is 30.5 Å². The highest BCUT2D eigenvalue weighted by Gasteiger charge is 2.33. The summed E-state index contributed by atoms with van der Waals surface area (Å²) >= 11 is 0. The number of hydrogen-bond donors (Lipinski definition) is 0. The lowest BCUT2D eigenvalue weighted by Crippen LogP contribution is -2.49. The second-order valence-electron chi connectivity index (χ2n) is 9.65. The van der Waals surface area contributed by atoms with Crippen LogP contribution in [0, 0.1) is 0 Å². The van der Waals surface area contributed by atoms with Crippen molar-refractivity contribution in [3.05, 3.63) is 109 Å². The van der Waals surface area contributed by atoms with E-state index in [0.717, 1.165) is 31.8 Å². The van der Waals surface area contributed by atoms with Crippen molar-refractivity contribution in [3.8, 4) is 5.75 Å². The monoisotopic (exact) mass is 492 g/mol. The first-order valence-corrected chi connectivity index (χ1v) is 14.3. The summed E-state index contributed by atoms with van der Waals surface area (Å²) in [5.74, 6) is 0.981. The lowest BCUT2D eigenvalue weighted by molar-refractivity contribution is 0.410. The highest BCUT2D eigenvalue weighted by Crippen LogP contribution is 2.42. The van der Waals surface area contributed by atoms with E-state index in [2.05, 4.69) is 113 Å². The fourth-order valence-corrected chi connectivity index (χ4v) is 8.40. The third-order valence-corrected chi connectivity index (χ3v) is 10.0. The third kappa shape index (κ3) is 4.38.